The molecule has 0 aromatic heterocycles. The zero-order chi connectivity index (χ0) is 13.4. The molecular formula is C13H16BrClO3. The smallest absolute Gasteiger partial charge is 0.309 e. The lowest BCUT2D eigenvalue weighted by atomic mass is 10.1. The van der Waals surface area contributed by atoms with Crippen LogP contribution in [0, 0.1) is 0 Å². The second-order valence-corrected chi connectivity index (χ2v) is 4.96. The van der Waals surface area contributed by atoms with Gasteiger partial charge in [-0.3, -0.25) is 4.79 Å². The highest BCUT2D eigenvalue weighted by atomic mass is 79.9. The molecule has 1 aromatic rings. The van der Waals surface area contributed by atoms with E-state index in [-0.39, 0.29) is 12.4 Å². The summed E-state index contributed by atoms with van der Waals surface area (Å²) >= 11 is 9.45. The number of hydrogen-bond donors (Lipinski definition) is 0. The monoisotopic (exact) mass is 334 g/mol. The number of carbonyl (C=O) groups is 1. The van der Waals surface area contributed by atoms with Gasteiger partial charge in [-0.1, -0.05) is 33.6 Å². The maximum Gasteiger partial charge on any atom is 0.309 e. The molecule has 0 saturated heterocycles. The van der Waals surface area contributed by atoms with E-state index in [1.54, 1.807) is 12.1 Å². The second kappa shape index (κ2) is 8.38. The molecule has 3 nitrogen and oxygen atoms in total. The molecule has 0 saturated carbocycles. The number of rotatable bonds is 7. The number of esters is 1. The van der Waals surface area contributed by atoms with Crippen LogP contribution in [0.4, 0.5) is 0 Å². The van der Waals surface area contributed by atoms with Crippen LogP contribution in [0.25, 0.3) is 0 Å². The second-order valence-electron chi connectivity index (χ2n) is 3.76. The van der Waals surface area contributed by atoms with Crippen molar-refractivity contribution >= 4 is 33.5 Å². The number of hydrogen-bond acceptors (Lipinski definition) is 3. The minimum atomic E-state index is -0.281. The maximum absolute atomic E-state index is 11.1. The van der Waals surface area contributed by atoms with Gasteiger partial charge in [0.2, 0.25) is 0 Å². The van der Waals surface area contributed by atoms with Crippen molar-refractivity contribution < 1.29 is 14.3 Å². The molecule has 0 atom stereocenters. The van der Waals surface area contributed by atoms with Crippen LogP contribution in [0.2, 0.25) is 5.02 Å². The first-order valence-corrected chi connectivity index (χ1v) is 7.21. The van der Waals surface area contributed by atoms with Gasteiger partial charge >= 0.3 is 5.97 Å². The standard InChI is InChI=1S/C13H16BrClO3/c1-17-13(16)9-10-4-5-12(11(15)8-10)18-7-3-2-6-14/h4-5,8H,2-3,6-7,9H2,1H3. The van der Waals surface area contributed by atoms with Crippen LogP contribution in [-0.4, -0.2) is 25.0 Å². The fraction of sp³-hybridized carbons (Fsp3) is 0.462. The molecule has 0 aliphatic carbocycles. The van der Waals surface area contributed by atoms with Gasteiger partial charge in [0.05, 0.1) is 25.2 Å². The third kappa shape index (κ3) is 5.27. The van der Waals surface area contributed by atoms with Gasteiger partial charge in [-0.25, -0.2) is 0 Å². The van der Waals surface area contributed by atoms with Crippen molar-refractivity contribution in [3.63, 3.8) is 0 Å². The average molecular weight is 336 g/mol. The highest BCUT2D eigenvalue weighted by Gasteiger charge is 2.07. The molecule has 0 fully saturated rings. The Kier molecular flexibility index (Phi) is 7.13. The maximum atomic E-state index is 11.1. The summed E-state index contributed by atoms with van der Waals surface area (Å²) in [6.07, 6.45) is 2.27. The fourth-order valence-electron chi connectivity index (χ4n) is 1.39. The van der Waals surface area contributed by atoms with Crippen molar-refractivity contribution in [2.75, 3.05) is 19.0 Å². The van der Waals surface area contributed by atoms with Crippen molar-refractivity contribution in [1.29, 1.82) is 0 Å². The lowest BCUT2D eigenvalue weighted by Crippen LogP contribution is -2.04. The van der Waals surface area contributed by atoms with E-state index in [0.29, 0.717) is 17.4 Å². The first-order valence-electron chi connectivity index (χ1n) is 5.71. The van der Waals surface area contributed by atoms with E-state index in [4.69, 9.17) is 16.3 Å². The summed E-state index contributed by atoms with van der Waals surface area (Å²) in [5, 5.41) is 1.50. The van der Waals surface area contributed by atoms with Crippen LogP contribution < -0.4 is 4.74 Å². The Morgan fingerprint density at radius 2 is 2.17 bits per heavy atom. The number of ether oxygens (including phenoxy) is 2. The molecule has 0 N–H and O–H groups in total. The fourth-order valence-corrected chi connectivity index (χ4v) is 2.04. The molecule has 0 aliphatic heterocycles. The molecule has 18 heavy (non-hydrogen) atoms. The third-order valence-electron chi connectivity index (χ3n) is 2.36. The van der Waals surface area contributed by atoms with Gasteiger partial charge < -0.3 is 9.47 Å². The summed E-state index contributed by atoms with van der Waals surface area (Å²) in [5.41, 5.74) is 0.819. The van der Waals surface area contributed by atoms with Gasteiger partial charge in [-0.15, -0.1) is 0 Å². The van der Waals surface area contributed by atoms with Gasteiger partial charge in [0.1, 0.15) is 5.75 Å². The highest BCUT2D eigenvalue weighted by Crippen LogP contribution is 2.26. The van der Waals surface area contributed by atoms with Gasteiger partial charge in [0, 0.05) is 5.33 Å². The summed E-state index contributed by atoms with van der Waals surface area (Å²) in [6.45, 7) is 0.641. The SMILES string of the molecule is COC(=O)Cc1ccc(OCCCCBr)c(Cl)c1. The molecule has 0 heterocycles. The Morgan fingerprint density at radius 1 is 1.39 bits per heavy atom. The van der Waals surface area contributed by atoms with E-state index in [1.165, 1.54) is 7.11 Å². The van der Waals surface area contributed by atoms with Crippen molar-refractivity contribution in [3.05, 3.63) is 28.8 Å². The summed E-state index contributed by atoms with van der Waals surface area (Å²) in [7, 11) is 1.37. The summed E-state index contributed by atoms with van der Waals surface area (Å²) in [5.74, 6) is 0.372. The summed E-state index contributed by atoms with van der Waals surface area (Å²) in [4.78, 5) is 11.1. The third-order valence-corrected chi connectivity index (χ3v) is 3.21. The molecule has 0 aliphatic rings. The molecule has 0 bridgehead atoms. The van der Waals surface area contributed by atoms with Gasteiger partial charge in [0.15, 0.2) is 0 Å². The Morgan fingerprint density at radius 3 is 2.78 bits per heavy atom. The minimum absolute atomic E-state index is 0.222. The normalized spacial score (nSPS) is 10.2. The van der Waals surface area contributed by atoms with Crippen LogP contribution in [0.3, 0.4) is 0 Å². The van der Waals surface area contributed by atoms with Gasteiger partial charge in [-0.2, -0.15) is 0 Å². The van der Waals surface area contributed by atoms with Crippen LogP contribution in [-0.2, 0) is 16.0 Å². The molecule has 0 unspecified atom stereocenters. The Labute approximate surface area is 121 Å². The Hall–Kier alpha value is -0.740. The Bertz CT molecular complexity index is 396. The van der Waals surface area contributed by atoms with Crippen molar-refractivity contribution in [1.82, 2.24) is 0 Å². The summed E-state index contributed by atoms with van der Waals surface area (Å²) < 4.78 is 10.2. The first-order chi connectivity index (χ1) is 8.67. The zero-order valence-electron chi connectivity index (χ0n) is 10.2. The number of alkyl halides is 1. The van der Waals surface area contributed by atoms with Crippen LogP contribution in [0.5, 0.6) is 5.75 Å². The molecular weight excluding hydrogens is 319 g/mol. The summed E-state index contributed by atoms with van der Waals surface area (Å²) in [6, 6.07) is 5.34. The lowest BCUT2D eigenvalue weighted by Gasteiger charge is -2.09. The number of halogens is 2. The quantitative estimate of drug-likeness (QED) is 0.434. The predicted octanol–water partition coefficient (Wildman–Crippen LogP) is 3.61. The van der Waals surface area contributed by atoms with Gasteiger partial charge in [-0.05, 0) is 30.5 Å². The van der Waals surface area contributed by atoms with Crippen LogP contribution >= 0.6 is 27.5 Å². The van der Waals surface area contributed by atoms with Crippen molar-refractivity contribution in [2.24, 2.45) is 0 Å². The molecule has 1 rings (SSSR count). The molecule has 1 aromatic carbocycles. The topological polar surface area (TPSA) is 35.5 Å². The number of carbonyl (C=O) groups excluding carboxylic acids is 1. The zero-order valence-corrected chi connectivity index (χ0v) is 12.6. The molecule has 0 radical (unpaired) electrons. The van der Waals surface area contributed by atoms with Crippen LogP contribution in [0.1, 0.15) is 18.4 Å². The van der Waals surface area contributed by atoms with E-state index in [2.05, 4.69) is 20.7 Å². The van der Waals surface area contributed by atoms with Crippen LogP contribution in [0.15, 0.2) is 18.2 Å². The van der Waals surface area contributed by atoms with E-state index in [1.807, 2.05) is 6.07 Å². The lowest BCUT2D eigenvalue weighted by molar-refractivity contribution is -0.139. The predicted molar refractivity (Wildman–Crippen MR) is 75.7 cm³/mol. The molecule has 0 spiro atoms. The Balaban J connectivity index is 2.54. The average Bonchev–Trinajstić information content (AvgIpc) is 2.36. The minimum Gasteiger partial charge on any atom is -0.492 e. The number of methoxy groups -OCH3 is 1. The van der Waals surface area contributed by atoms with Crippen molar-refractivity contribution in [3.8, 4) is 5.75 Å². The molecule has 5 heteroatoms. The van der Waals surface area contributed by atoms with Gasteiger partial charge in [0.25, 0.3) is 0 Å². The first kappa shape index (κ1) is 15.3. The molecule has 0 amide bonds. The van der Waals surface area contributed by atoms with E-state index in [9.17, 15) is 4.79 Å². The van der Waals surface area contributed by atoms with E-state index in [0.717, 1.165) is 23.7 Å². The molecule has 100 valence electrons. The van der Waals surface area contributed by atoms with Crippen molar-refractivity contribution in [2.45, 2.75) is 19.3 Å². The van der Waals surface area contributed by atoms with E-state index < -0.39 is 0 Å². The number of benzene rings is 1. The highest BCUT2D eigenvalue weighted by molar-refractivity contribution is 9.09. The largest absolute Gasteiger partial charge is 0.492 e. The number of unbranched alkanes of at least 4 members (excludes halogenated alkanes) is 1. The van der Waals surface area contributed by atoms with E-state index >= 15 is 0 Å².